The van der Waals surface area contributed by atoms with Gasteiger partial charge in [-0.15, -0.1) is 0 Å². The van der Waals surface area contributed by atoms with Gasteiger partial charge in [0.05, 0.1) is 6.20 Å². The van der Waals surface area contributed by atoms with Crippen LogP contribution in [0, 0.1) is 0 Å². The minimum absolute atomic E-state index is 0.899. The van der Waals surface area contributed by atoms with E-state index in [9.17, 15) is 0 Å². The van der Waals surface area contributed by atoms with E-state index in [0.29, 0.717) is 0 Å². The van der Waals surface area contributed by atoms with Crippen LogP contribution in [-0.2, 0) is 6.54 Å². The highest BCUT2D eigenvalue weighted by atomic mass is 15.3. The molecule has 2 rings (SSSR count). The number of nitrogens with zero attached hydrogens (tertiary/aromatic N) is 2. The number of hydrogen-bond donors (Lipinski definition) is 0. The van der Waals surface area contributed by atoms with Gasteiger partial charge in [-0.2, -0.15) is 5.10 Å². The smallest absolute Gasteiger partial charge is 0.0568 e. The molecule has 0 aliphatic rings. The Morgan fingerprint density at radius 3 is 2.87 bits per heavy atom. The van der Waals surface area contributed by atoms with Crippen molar-refractivity contribution in [3.8, 4) is 11.1 Å². The molecule has 0 N–H and O–H groups in total. The second kappa shape index (κ2) is 4.13. The Hall–Kier alpha value is -1.83. The van der Waals surface area contributed by atoms with Crippen LogP contribution in [-0.4, -0.2) is 9.78 Å². The number of aryl methyl sites for hydroxylation is 1. The van der Waals surface area contributed by atoms with Crippen molar-refractivity contribution in [3.63, 3.8) is 0 Å². The van der Waals surface area contributed by atoms with Crippen LogP contribution < -0.4 is 0 Å². The summed E-state index contributed by atoms with van der Waals surface area (Å²) in [5, 5.41) is 4.27. The van der Waals surface area contributed by atoms with Crippen molar-refractivity contribution in [1.82, 2.24) is 9.78 Å². The fourth-order valence-electron chi connectivity index (χ4n) is 1.61. The predicted octanol–water partition coefficient (Wildman–Crippen LogP) is 3.21. The first-order valence-corrected chi connectivity index (χ1v) is 5.09. The molecule has 0 aliphatic carbocycles. The fourth-order valence-corrected chi connectivity index (χ4v) is 1.61. The standard InChI is InChI=1S/C13H14N2/c1-3-11-7-5-6-8-13(11)12-9-14-15(4-2)10-12/h3,5-10H,1,4H2,2H3. The van der Waals surface area contributed by atoms with E-state index >= 15 is 0 Å². The molecule has 0 spiro atoms. The van der Waals surface area contributed by atoms with Gasteiger partial charge in [-0.25, -0.2) is 0 Å². The van der Waals surface area contributed by atoms with E-state index in [1.807, 2.05) is 29.1 Å². The quantitative estimate of drug-likeness (QED) is 0.740. The van der Waals surface area contributed by atoms with Crippen LogP contribution >= 0.6 is 0 Å². The maximum Gasteiger partial charge on any atom is 0.0568 e. The van der Waals surface area contributed by atoms with Gasteiger partial charge < -0.3 is 0 Å². The molecular weight excluding hydrogens is 184 g/mol. The van der Waals surface area contributed by atoms with Gasteiger partial charge >= 0.3 is 0 Å². The van der Waals surface area contributed by atoms with Crippen molar-refractivity contribution < 1.29 is 0 Å². The number of rotatable bonds is 3. The van der Waals surface area contributed by atoms with Gasteiger partial charge in [0.15, 0.2) is 0 Å². The van der Waals surface area contributed by atoms with E-state index in [1.54, 1.807) is 0 Å². The Morgan fingerprint density at radius 2 is 2.20 bits per heavy atom. The highest BCUT2D eigenvalue weighted by Gasteiger charge is 2.03. The zero-order valence-electron chi connectivity index (χ0n) is 8.85. The van der Waals surface area contributed by atoms with E-state index in [0.717, 1.165) is 17.7 Å². The van der Waals surface area contributed by atoms with Crippen LogP contribution in [0.5, 0.6) is 0 Å². The van der Waals surface area contributed by atoms with Crippen LogP contribution in [0.1, 0.15) is 12.5 Å². The lowest BCUT2D eigenvalue weighted by molar-refractivity contribution is 0.660. The molecule has 0 radical (unpaired) electrons. The molecule has 0 amide bonds. The molecule has 2 aromatic rings. The van der Waals surface area contributed by atoms with Crippen molar-refractivity contribution in [1.29, 1.82) is 0 Å². The average molecular weight is 198 g/mol. The van der Waals surface area contributed by atoms with Gasteiger partial charge in [-0.05, 0) is 18.1 Å². The second-order valence-electron chi connectivity index (χ2n) is 3.38. The minimum atomic E-state index is 0.899. The van der Waals surface area contributed by atoms with Crippen molar-refractivity contribution in [2.75, 3.05) is 0 Å². The fraction of sp³-hybridized carbons (Fsp3) is 0.154. The summed E-state index contributed by atoms with van der Waals surface area (Å²) in [4.78, 5) is 0. The lowest BCUT2D eigenvalue weighted by Crippen LogP contribution is -1.92. The third-order valence-electron chi connectivity index (χ3n) is 2.45. The average Bonchev–Trinajstić information content (AvgIpc) is 2.77. The van der Waals surface area contributed by atoms with Crippen LogP contribution in [0.15, 0.2) is 43.2 Å². The zero-order valence-corrected chi connectivity index (χ0v) is 8.85. The summed E-state index contributed by atoms with van der Waals surface area (Å²) < 4.78 is 1.93. The molecule has 1 heterocycles. The topological polar surface area (TPSA) is 17.8 Å². The molecule has 2 nitrogen and oxygen atoms in total. The summed E-state index contributed by atoms with van der Waals surface area (Å²) in [6.07, 6.45) is 5.83. The first-order valence-electron chi connectivity index (χ1n) is 5.09. The molecular formula is C13H14N2. The summed E-state index contributed by atoms with van der Waals surface area (Å²) >= 11 is 0. The molecule has 1 aromatic carbocycles. The van der Waals surface area contributed by atoms with Crippen molar-refractivity contribution in [2.45, 2.75) is 13.5 Å². The van der Waals surface area contributed by atoms with Crippen LogP contribution in [0.3, 0.4) is 0 Å². The monoisotopic (exact) mass is 198 g/mol. The molecule has 0 saturated carbocycles. The second-order valence-corrected chi connectivity index (χ2v) is 3.38. The number of aromatic nitrogens is 2. The summed E-state index contributed by atoms with van der Waals surface area (Å²) in [6.45, 7) is 6.80. The van der Waals surface area contributed by atoms with Gasteiger partial charge in [0.25, 0.3) is 0 Å². The molecule has 76 valence electrons. The lowest BCUT2D eigenvalue weighted by atomic mass is 10.0. The van der Waals surface area contributed by atoms with E-state index in [4.69, 9.17) is 0 Å². The Labute approximate surface area is 89.9 Å². The van der Waals surface area contributed by atoms with E-state index in [-0.39, 0.29) is 0 Å². The third kappa shape index (κ3) is 1.84. The molecule has 2 heteroatoms. The molecule has 0 fully saturated rings. The van der Waals surface area contributed by atoms with E-state index < -0.39 is 0 Å². The molecule has 1 aromatic heterocycles. The summed E-state index contributed by atoms with van der Waals surface area (Å²) in [6, 6.07) is 8.20. The predicted molar refractivity (Wildman–Crippen MR) is 63.4 cm³/mol. The number of benzene rings is 1. The molecule has 0 aliphatic heterocycles. The summed E-state index contributed by atoms with van der Waals surface area (Å²) in [7, 11) is 0. The van der Waals surface area contributed by atoms with Crippen LogP contribution in [0.4, 0.5) is 0 Å². The third-order valence-corrected chi connectivity index (χ3v) is 2.45. The first kappa shape index (κ1) is 9.71. The van der Waals surface area contributed by atoms with Gasteiger partial charge in [-0.1, -0.05) is 36.9 Å². The molecule has 0 unspecified atom stereocenters. The first-order chi connectivity index (χ1) is 7.35. The van der Waals surface area contributed by atoms with Gasteiger partial charge in [0.1, 0.15) is 0 Å². The van der Waals surface area contributed by atoms with E-state index in [1.165, 1.54) is 5.56 Å². The highest BCUT2D eigenvalue weighted by molar-refractivity contribution is 5.73. The van der Waals surface area contributed by atoms with Gasteiger partial charge in [0, 0.05) is 18.3 Å². The zero-order chi connectivity index (χ0) is 10.7. The van der Waals surface area contributed by atoms with Crippen molar-refractivity contribution in [3.05, 3.63) is 48.8 Å². The largest absolute Gasteiger partial charge is 0.272 e. The number of hydrogen-bond acceptors (Lipinski definition) is 1. The molecule has 15 heavy (non-hydrogen) atoms. The Balaban J connectivity index is 2.48. The van der Waals surface area contributed by atoms with Crippen molar-refractivity contribution >= 4 is 6.08 Å². The molecule has 0 saturated heterocycles. The summed E-state index contributed by atoms with van der Waals surface area (Å²) in [5.41, 5.74) is 3.48. The molecule has 0 atom stereocenters. The Morgan fingerprint density at radius 1 is 1.40 bits per heavy atom. The molecule has 0 bridgehead atoms. The highest BCUT2D eigenvalue weighted by Crippen LogP contribution is 2.23. The van der Waals surface area contributed by atoms with E-state index in [2.05, 4.69) is 36.9 Å². The lowest BCUT2D eigenvalue weighted by Gasteiger charge is -2.01. The van der Waals surface area contributed by atoms with Crippen LogP contribution in [0.2, 0.25) is 0 Å². The van der Waals surface area contributed by atoms with Crippen LogP contribution in [0.25, 0.3) is 17.2 Å². The maximum absolute atomic E-state index is 4.27. The SMILES string of the molecule is C=Cc1ccccc1-c1cnn(CC)c1. The summed E-state index contributed by atoms with van der Waals surface area (Å²) in [5.74, 6) is 0. The Bertz CT molecular complexity index is 469. The maximum atomic E-state index is 4.27. The Kier molecular flexibility index (Phi) is 2.68. The normalized spacial score (nSPS) is 10.2. The van der Waals surface area contributed by atoms with Gasteiger partial charge in [-0.3, -0.25) is 4.68 Å². The minimum Gasteiger partial charge on any atom is -0.272 e. The van der Waals surface area contributed by atoms with Crippen molar-refractivity contribution in [2.24, 2.45) is 0 Å². The van der Waals surface area contributed by atoms with Gasteiger partial charge in [0.2, 0.25) is 0 Å².